The van der Waals surface area contributed by atoms with Gasteiger partial charge in [-0.15, -0.1) is 0 Å². The van der Waals surface area contributed by atoms with Crippen molar-refractivity contribution in [3.8, 4) is 0 Å². The van der Waals surface area contributed by atoms with Crippen LogP contribution in [-0.2, 0) is 11.2 Å². The van der Waals surface area contributed by atoms with E-state index in [1.54, 1.807) is 17.0 Å². The van der Waals surface area contributed by atoms with E-state index in [4.69, 9.17) is 4.42 Å². The Morgan fingerprint density at radius 3 is 2.85 bits per heavy atom. The molecule has 1 amide bonds. The van der Waals surface area contributed by atoms with Crippen molar-refractivity contribution in [3.05, 3.63) is 64.1 Å². The SMILES string of the molecule is O=C(CCC(=O)N1CCCc2ccccc21)c1ccc2[nH]c(=O)oc2c1. The molecule has 3 aromatic rings. The number of para-hydroxylation sites is 1. The van der Waals surface area contributed by atoms with Gasteiger partial charge in [0, 0.05) is 30.6 Å². The number of aromatic amines is 1. The monoisotopic (exact) mass is 350 g/mol. The molecule has 0 saturated carbocycles. The first-order chi connectivity index (χ1) is 12.6. The van der Waals surface area contributed by atoms with Gasteiger partial charge in [0.15, 0.2) is 11.4 Å². The first-order valence-electron chi connectivity index (χ1n) is 8.66. The van der Waals surface area contributed by atoms with Crippen LogP contribution in [0.1, 0.15) is 35.2 Å². The zero-order valence-corrected chi connectivity index (χ0v) is 14.2. The van der Waals surface area contributed by atoms with Crippen LogP contribution in [0.5, 0.6) is 0 Å². The number of benzene rings is 2. The molecule has 0 aliphatic carbocycles. The molecule has 1 N–H and O–H groups in total. The van der Waals surface area contributed by atoms with E-state index >= 15 is 0 Å². The number of nitrogens with zero attached hydrogens (tertiary/aromatic N) is 1. The largest absolute Gasteiger partial charge is 0.417 e. The Balaban J connectivity index is 1.45. The number of aromatic nitrogens is 1. The van der Waals surface area contributed by atoms with Crippen LogP contribution in [0.25, 0.3) is 11.1 Å². The molecule has 2 heterocycles. The van der Waals surface area contributed by atoms with Crippen LogP contribution < -0.4 is 10.7 Å². The number of hydrogen-bond acceptors (Lipinski definition) is 4. The van der Waals surface area contributed by atoms with Gasteiger partial charge in [-0.05, 0) is 42.7 Å². The Hall–Kier alpha value is -3.15. The van der Waals surface area contributed by atoms with Crippen LogP contribution in [0.4, 0.5) is 5.69 Å². The number of nitrogens with one attached hydrogen (secondary N) is 1. The van der Waals surface area contributed by atoms with E-state index in [1.807, 2.05) is 24.3 Å². The summed E-state index contributed by atoms with van der Waals surface area (Å²) in [5, 5.41) is 0. The van der Waals surface area contributed by atoms with Gasteiger partial charge in [0.25, 0.3) is 0 Å². The number of oxazole rings is 1. The van der Waals surface area contributed by atoms with Crippen LogP contribution in [-0.4, -0.2) is 23.2 Å². The highest BCUT2D eigenvalue weighted by Crippen LogP contribution is 2.27. The molecule has 1 aromatic heterocycles. The van der Waals surface area contributed by atoms with Crippen molar-refractivity contribution >= 4 is 28.5 Å². The number of Topliss-reactive ketones (excluding diaryl/α,β-unsaturated/α-hetero) is 1. The van der Waals surface area contributed by atoms with Crippen molar-refractivity contribution in [2.75, 3.05) is 11.4 Å². The fraction of sp³-hybridized carbons (Fsp3) is 0.250. The molecule has 0 spiro atoms. The number of rotatable bonds is 4. The first kappa shape index (κ1) is 16.3. The summed E-state index contributed by atoms with van der Waals surface area (Å²) in [6.07, 6.45) is 2.18. The highest BCUT2D eigenvalue weighted by molar-refractivity contribution is 6.02. The lowest BCUT2D eigenvalue weighted by atomic mass is 10.0. The van der Waals surface area contributed by atoms with Crippen molar-refractivity contribution < 1.29 is 14.0 Å². The zero-order chi connectivity index (χ0) is 18.1. The number of ketones is 1. The first-order valence-corrected chi connectivity index (χ1v) is 8.66. The van der Waals surface area contributed by atoms with E-state index in [1.165, 1.54) is 11.6 Å². The second kappa shape index (κ2) is 6.63. The third-order valence-electron chi connectivity index (χ3n) is 4.72. The Bertz CT molecular complexity index is 1050. The van der Waals surface area contributed by atoms with E-state index < -0.39 is 5.76 Å². The number of hydrogen-bond donors (Lipinski definition) is 1. The molecule has 1 aliphatic heterocycles. The van der Waals surface area contributed by atoms with Crippen LogP contribution in [0.2, 0.25) is 0 Å². The second-order valence-electron chi connectivity index (χ2n) is 6.43. The highest BCUT2D eigenvalue weighted by atomic mass is 16.4. The van der Waals surface area contributed by atoms with E-state index in [-0.39, 0.29) is 24.5 Å². The fourth-order valence-corrected chi connectivity index (χ4v) is 3.41. The second-order valence-corrected chi connectivity index (χ2v) is 6.43. The molecule has 0 fully saturated rings. The van der Waals surface area contributed by atoms with Crippen LogP contribution in [0.15, 0.2) is 51.7 Å². The number of fused-ring (bicyclic) bond motifs is 2. The lowest BCUT2D eigenvalue weighted by molar-refractivity contribution is -0.118. The summed E-state index contributed by atoms with van der Waals surface area (Å²) >= 11 is 0. The molecule has 0 unspecified atom stereocenters. The Labute approximate surface area is 149 Å². The number of carbonyl (C=O) groups is 2. The minimum Gasteiger partial charge on any atom is -0.408 e. The van der Waals surface area contributed by atoms with Crippen molar-refractivity contribution in [3.63, 3.8) is 0 Å². The Morgan fingerprint density at radius 2 is 1.96 bits per heavy atom. The van der Waals surface area contributed by atoms with Gasteiger partial charge in [-0.3, -0.25) is 14.6 Å². The third kappa shape index (κ3) is 3.06. The summed E-state index contributed by atoms with van der Waals surface area (Å²) in [6, 6.07) is 12.7. The van der Waals surface area contributed by atoms with Crippen LogP contribution >= 0.6 is 0 Å². The van der Waals surface area contributed by atoms with Crippen molar-refractivity contribution in [2.45, 2.75) is 25.7 Å². The van der Waals surface area contributed by atoms with E-state index in [0.717, 1.165) is 18.5 Å². The Kier molecular flexibility index (Phi) is 4.16. The fourth-order valence-electron chi connectivity index (χ4n) is 3.41. The molecule has 0 bridgehead atoms. The van der Waals surface area contributed by atoms with Crippen LogP contribution in [0, 0.1) is 0 Å². The van der Waals surface area contributed by atoms with Crippen molar-refractivity contribution in [1.82, 2.24) is 4.98 Å². The average molecular weight is 350 g/mol. The average Bonchev–Trinajstić information content (AvgIpc) is 3.04. The standard InChI is InChI=1S/C20H18N2O4/c23-17(14-7-8-15-18(12-14)26-20(25)21-15)9-10-19(24)22-11-3-5-13-4-1-2-6-16(13)22/h1-2,4,6-8,12H,3,5,9-11H2,(H,21,25). The van der Waals surface area contributed by atoms with Gasteiger partial charge >= 0.3 is 5.76 Å². The van der Waals surface area contributed by atoms with Gasteiger partial charge in [-0.2, -0.15) is 0 Å². The molecule has 6 nitrogen and oxygen atoms in total. The quantitative estimate of drug-likeness (QED) is 0.733. The third-order valence-corrected chi connectivity index (χ3v) is 4.72. The van der Waals surface area contributed by atoms with Crippen molar-refractivity contribution in [1.29, 1.82) is 0 Å². The smallest absolute Gasteiger partial charge is 0.408 e. The number of carbonyl (C=O) groups excluding carboxylic acids is 2. The predicted octanol–water partition coefficient (Wildman–Crippen LogP) is 3.06. The Morgan fingerprint density at radius 1 is 1.12 bits per heavy atom. The topological polar surface area (TPSA) is 83.4 Å². The summed E-state index contributed by atoms with van der Waals surface area (Å²) in [4.78, 5) is 40.6. The molecule has 4 rings (SSSR count). The maximum Gasteiger partial charge on any atom is 0.417 e. The summed E-state index contributed by atoms with van der Waals surface area (Å²) < 4.78 is 4.98. The molecule has 6 heteroatoms. The molecule has 132 valence electrons. The molecule has 26 heavy (non-hydrogen) atoms. The summed E-state index contributed by atoms with van der Waals surface area (Å²) in [5.41, 5.74) is 3.45. The molecule has 2 aromatic carbocycles. The molecule has 0 atom stereocenters. The highest BCUT2D eigenvalue weighted by Gasteiger charge is 2.22. The lowest BCUT2D eigenvalue weighted by Gasteiger charge is -2.29. The molecular formula is C20H18N2O4. The molecule has 0 saturated heterocycles. The van der Waals surface area contributed by atoms with E-state index in [9.17, 15) is 14.4 Å². The van der Waals surface area contributed by atoms with E-state index in [0.29, 0.717) is 23.2 Å². The predicted molar refractivity (Wildman–Crippen MR) is 97.5 cm³/mol. The van der Waals surface area contributed by atoms with Crippen molar-refractivity contribution in [2.24, 2.45) is 0 Å². The number of anilines is 1. The lowest BCUT2D eigenvalue weighted by Crippen LogP contribution is -2.35. The summed E-state index contributed by atoms with van der Waals surface area (Å²) in [6.45, 7) is 0.685. The van der Waals surface area contributed by atoms with Gasteiger partial charge in [0.1, 0.15) is 0 Å². The van der Waals surface area contributed by atoms with Gasteiger partial charge in [0.2, 0.25) is 5.91 Å². The number of amides is 1. The summed E-state index contributed by atoms with van der Waals surface area (Å²) in [7, 11) is 0. The zero-order valence-electron chi connectivity index (χ0n) is 14.2. The van der Waals surface area contributed by atoms with Gasteiger partial charge in [-0.1, -0.05) is 18.2 Å². The van der Waals surface area contributed by atoms with Gasteiger partial charge in [0.05, 0.1) is 5.52 Å². The molecular weight excluding hydrogens is 332 g/mol. The van der Waals surface area contributed by atoms with E-state index in [2.05, 4.69) is 4.98 Å². The number of H-pyrrole nitrogens is 1. The minimum atomic E-state index is -0.552. The van der Waals surface area contributed by atoms with Crippen LogP contribution in [0.3, 0.4) is 0 Å². The maximum absolute atomic E-state index is 12.6. The van der Waals surface area contributed by atoms with Gasteiger partial charge in [-0.25, -0.2) is 4.79 Å². The normalized spacial score (nSPS) is 13.6. The molecule has 0 radical (unpaired) electrons. The molecule has 1 aliphatic rings. The number of aryl methyl sites for hydroxylation is 1. The van der Waals surface area contributed by atoms with Gasteiger partial charge < -0.3 is 9.32 Å². The maximum atomic E-state index is 12.6. The minimum absolute atomic E-state index is 0.0419. The summed E-state index contributed by atoms with van der Waals surface area (Å²) in [5.74, 6) is -0.738.